The van der Waals surface area contributed by atoms with Gasteiger partial charge in [-0.05, 0) is 44.4 Å². The summed E-state index contributed by atoms with van der Waals surface area (Å²) in [6.45, 7) is 5.60. The summed E-state index contributed by atoms with van der Waals surface area (Å²) >= 11 is 0. The van der Waals surface area contributed by atoms with E-state index in [9.17, 15) is 4.79 Å². The van der Waals surface area contributed by atoms with E-state index >= 15 is 0 Å². The smallest absolute Gasteiger partial charge is 0.134 e. The van der Waals surface area contributed by atoms with Crippen LogP contribution < -0.4 is 4.90 Å². The first kappa shape index (κ1) is 11.1. The molecule has 1 aliphatic heterocycles. The molecule has 1 aliphatic rings. The molecule has 86 valence electrons. The summed E-state index contributed by atoms with van der Waals surface area (Å²) in [4.78, 5) is 18.0. The molecule has 3 heteroatoms. The number of hydrogen-bond acceptors (Lipinski definition) is 3. The molecule has 1 aromatic heterocycles. The van der Waals surface area contributed by atoms with Gasteiger partial charge in [0.25, 0.3) is 0 Å². The summed E-state index contributed by atoms with van der Waals surface area (Å²) in [5.41, 5.74) is 1.22. The van der Waals surface area contributed by atoms with E-state index in [2.05, 4.69) is 22.9 Å². The van der Waals surface area contributed by atoms with E-state index in [0.717, 1.165) is 31.7 Å². The molecule has 3 nitrogen and oxygen atoms in total. The van der Waals surface area contributed by atoms with Crippen LogP contribution in [-0.2, 0) is 4.79 Å². The third-order valence-corrected chi connectivity index (χ3v) is 3.22. The van der Waals surface area contributed by atoms with Gasteiger partial charge in [-0.3, -0.25) is 4.79 Å². The van der Waals surface area contributed by atoms with Gasteiger partial charge in [-0.25, -0.2) is 4.98 Å². The lowest BCUT2D eigenvalue weighted by Crippen LogP contribution is -2.38. The first-order valence-corrected chi connectivity index (χ1v) is 5.85. The zero-order chi connectivity index (χ0) is 11.5. The molecule has 0 aliphatic carbocycles. The molecular weight excluding hydrogens is 200 g/mol. The zero-order valence-corrected chi connectivity index (χ0v) is 9.94. The van der Waals surface area contributed by atoms with Crippen molar-refractivity contribution in [1.29, 1.82) is 0 Å². The van der Waals surface area contributed by atoms with E-state index < -0.39 is 0 Å². The van der Waals surface area contributed by atoms with Crippen molar-refractivity contribution in [3.05, 3.63) is 23.9 Å². The second-order valence-corrected chi connectivity index (χ2v) is 4.59. The molecule has 0 N–H and O–H groups in total. The van der Waals surface area contributed by atoms with E-state index in [-0.39, 0.29) is 5.92 Å². The van der Waals surface area contributed by atoms with Crippen LogP contribution in [-0.4, -0.2) is 23.9 Å². The Morgan fingerprint density at radius 1 is 1.56 bits per heavy atom. The van der Waals surface area contributed by atoms with Crippen molar-refractivity contribution in [2.75, 3.05) is 18.0 Å². The fourth-order valence-corrected chi connectivity index (χ4v) is 2.21. The van der Waals surface area contributed by atoms with Crippen molar-refractivity contribution in [1.82, 2.24) is 4.98 Å². The number of aryl methyl sites for hydroxylation is 1. The lowest BCUT2D eigenvalue weighted by molar-refractivity contribution is -0.120. The predicted octanol–water partition coefficient (Wildman–Crippen LogP) is 2.20. The lowest BCUT2D eigenvalue weighted by atomic mass is 9.94. The van der Waals surface area contributed by atoms with Gasteiger partial charge in [-0.2, -0.15) is 0 Å². The Kier molecular flexibility index (Phi) is 3.22. The minimum absolute atomic E-state index is 0.191. The van der Waals surface area contributed by atoms with Crippen LogP contribution in [0.1, 0.15) is 25.3 Å². The molecule has 1 unspecified atom stereocenters. The monoisotopic (exact) mass is 218 g/mol. The maximum atomic E-state index is 11.4. The number of carbonyl (C=O) groups is 1. The number of carbonyl (C=O) groups excluding carboxylic acids is 1. The Labute approximate surface area is 96.5 Å². The summed E-state index contributed by atoms with van der Waals surface area (Å²) in [6.07, 6.45) is 3.94. The Hall–Kier alpha value is -1.38. The standard InChI is InChI=1S/C13H18N2O/c1-10-5-6-14-13(8-10)15-7-3-4-12(9-15)11(2)16/h5-6,8,12H,3-4,7,9H2,1-2H3. The molecule has 0 bridgehead atoms. The number of anilines is 1. The summed E-state index contributed by atoms with van der Waals surface area (Å²) in [5, 5.41) is 0. The van der Waals surface area contributed by atoms with Crippen LogP contribution >= 0.6 is 0 Å². The van der Waals surface area contributed by atoms with Gasteiger partial charge in [0.2, 0.25) is 0 Å². The first-order chi connectivity index (χ1) is 7.66. The van der Waals surface area contributed by atoms with Crippen LogP contribution in [0.5, 0.6) is 0 Å². The molecule has 0 spiro atoms. The highest BCUT2D eigenvalue weighted by Gasteiger charge is 2.23. The Bertz CT molecular complexity index is 389. The summed E-state index contributed by atoms with van der Waals surface area (Å²) in [6, 6.07) is 4.08. The first-order valence-electron chi connectivity index (χ1n) is 5.85. The quantitative estimate of drug-likeness (QED) is 0.763. The molecule has 0 saturated carbocycles. The second-order valence-electron chi connectivity index (χ2n) is 4.59. The van der Waals surface area contributed by atoms with Gasteiger partial charge in [0, 0.05) is 25.2 Å². The predicted molar refractivity (Wildman–Crippen MR) is 64.6 cm³/mol. The van der Waals surface area contributed by atoms with Gasteiger partial charge >= 0.3 is 0 Å². The lowest BCUT2D eigenvalue weighted by Gasteiger charge is -2.32. The van der Waals surface area contributed by atoms with Crippen molar-refractivity contribution in [3.63, 3.8) is 0 Å². The average molecular weight is 218 g/mol. The average Bonchev–Trinajstić information content (AvgIpc) is 2.29. The number of ketones is 1. The van der Waals surface area contributed by atoms with Gasteiger partial charge < -0.3 is 4.90 Å². The molecule has 0 amide bonds. The fourth-order valence-electron chi connectivity index (χ4n) is 2.21. The molecular formula is C13H18N2O. The van der Waals surface area contributed by atoms with Crippen LogP contribution in [0.3, 0.4) is 0 Å². The normalized spacial score (nSPS) is 20.9. The van der Waals surface area contributed by atoms with Gasteiger partial charge in [-0.15, -0.1) is 0 Å². The highest BCUT2D eigenvalue weighted by molar-refractivity contribution is 5.79. The number of pyridine rings is 1. The molecule has 1 aromatic rings. The van der Waals surface area contributed by atoms with E-state index in [1.165, 1.54) is 5.56 Å². The maximum Gasteiger partial charge on any atom is 0.134 e. The fraction of sp³-hybridized carbons (Fsp3) is 0.538. The van der Waals surface area contributed by atoms with Crippen LogP contribution in [0.4, 0.5) is 5.82 Å². The van der Waals surface area contributed by atoms with Gasteiger partial charge in [-0.1, -0.05) is 0 Å². The Morgan fingerprint density at radius 2 is 2.38 bits per heavy atom. The van der Waals surface area contributed by atoms with Crippen molar-refractivity contribution in [3.8, 4) is 0 Å². The molecule has 2 heterocycles. The maximum absolute atomic E-state index is 11.4. The van der Waals surface area contributed by atoms with E-state index in [1.807, 2.05) is 12.3 Å². The summed E-state index contributed by atoms with van der Waals surface area (Å²) in [7, 11) is 0. The summed E-state index contributed by atoms with van der Waals surface area (Å²) in [5.74, 6) is 1.50. The SMILES string of the molecule is CC(=O)C1CCCN(c2cc(C)ccn2)C1. The number of rotatable bonds is 2. The Morgan fingerprint density at radius 3 is 3.06 bits per heavy atom. The summed E-state index contributed by atoms with van der Waals surface area (Å²) < 4.78 is 0. The third-order valence-electron chi connectivity index (χ3n) is 3.22. The van der Waals surface area contributed by atoms with E-state index in [1.54, 1.807) is 6.92 Å². The molecule has 16 heavy (non-hydrogen) atoms. The van der Waals surface area contributed by atoms with Crippen molar-refractivity contribution >= 4 is 11.6 Å². The van der Waals surface area contributed by atoms with E-state index in [4.69, 9.17) is 0 Å². The molecule has 2 rings (SSSR count). The topological polar surface area (TPSA) is 33.2 Å². The number of piperidine rings is 1. The third kappa shape index (κ3) is 2.40. The van der Waals surface area contributed by atoms with E-state index in [0.29, 0.717) is 5.78 Å². The van der Waals surface area contributed by atoms with Crippen LogP contribution in [0, 0.1) is 12.8 Å². The molecule has 0 aromatic carbocycles. The van der Waals surface area contributed by atoms with Crippen molar-refractivity contribution in [2.24, 2.45) is 5.92 Å². The minimum Gasteiger partial charge on any atom is -0.356 e. The minimum atomic E-state index is 0.191. The van der Waals surface area contributed by atoms with Crippen molar-refractivity contribution < 1.29 is 4.79 Å². The second kappa shape index (κ2) is 4.64. The van der Waals surface area contributed by atoms with Crippen LogP contribution in [0.2, 0.25) is 0 Å². The van der Waals surface area contributed by atoms with Crippen LogP contribution in [0.25, 0.3) is 0 Å². The van der Waals surface area contributed by atoms with Gasteiger partial charge in [0.15, 0.2) is 0 Å². The van der Waals surface area contributed by atoms with Crippen molar-refractivity contribution in [2.45, 2.75) is 26.7 Å². The number of Topliss-reactive ketones (excluding diaryl/α,β-unsaturated/α-hetero) is 1. The van der Waals surface area contributed by atoms with Gasteiger partial charge in [0.1, 0.15) is 11.6 Å². The molecule has 1 saturated heterocycles. The number of aromatic nitrogens is 1. The zero-order valence-electron chi connectivity index (χ0n) is 9.94. The largest absolute Gasteiger partial charge is 0.356 e. The molecule has 0 radical (unpaired) electrons. The molecule has 1 atom stereocenters. The number of nitrogens with zero attached hydrogens (tertiary/aromatic N) is 2. The Balaban J connectivity index is 2.12. The highest BCUT2D eigenvalue weighted by Crippen LogP contribution is 2.22. The number of hydrogen-bond donors (Lipinski definition) is 0. The van der Waals surface area contributed by atoms with Crippen LogP contribution in [0.15, 0.2) is 18.3 Å². The van der Waals surface area contributed by atoms with Gasteiger partial charge in [0.05, 0.1) is 0 Å². The highest BCUT2D eigenvalue weighted by atomic mass is 16.1. The molecule has 1 fully saturated rings.